The predicted octanol–water partition coefficient (Wildman–Crippen LogP) is 2.05. The summed E-state index contributed by atoms with van der Waals surface area (Å²) >= 11 is 1.14. The van der Waals surface area contributed by atoms with E-state index in [1.54, 1.807) is 32.2 Å². The molecule has 26 heavy (non-hydrogen) atoms. The first-order valence-corrected chi connectivity index (χ1v) is 8.63. The molecule has 2 aromatic rings. The summed E-state index contributed by atoms with van der Waals surface area (Å²) in [6, 6.07) is 6.48. The average Bonchev–Trinajstić information content (AvgIpc) is 2.61. The molecule has 140 valence electrons. The Labute approximate surface area is 155 Å². The first kappa shape index (κ1) is 19.8. The lowest BCUT2D eigenvalue weighted by atomic mass is 10.2. The SMILES string of the molecule is COCc1cc(=O)[nH]c(SC(C)C(=O)Nc2cc(OC)ccc2OC)n1. The Hall–Kier alpha value is -2.52. The molecule has 9 heteroatoms. The number of aromatic amines is 1. The number of carbonyl (C=O) groups is 1. The summed E-state index contributed by atoms with van der Waals surface area (Å²) < 4.78 is 15.4. The second kappa shape index (κ2) is 9.25. The molecular weight excluding hydrogens is 358 g/mol. The lowest BCUT2D eigenvalue weighted by molar-refractivity contribution is -0.115. The zero-order valence-electron chi connectivity index (χ0n) is 15.0. The van der Waals surface area contributed by atoms with E-state index in [9.17, 15) is 9.59 Å². The lowest BCUT2D eigenvalue weighted by Crippen LogP contribution is -2.23. The minimum Gasteiger partial charge on any atom is -0.497 e. The highest BCUT2D eigenvalue weighted by atomic mass is 32.2. The number of carbonyl (C=O) groups excluding carboxylic acids is 1. The summed E-state index contributed by atoms with van der Waals surface area (Å²) in [5.74, 6) is 0.853. The van der Waals surface area contributed by atoms with Crippen molar-refractivity contribution in [2.24, 2.45) is 0 Å². The summed E-state index contributed by atoms with van der Waals surface area (Å²) in [7, 11) is 4.58. The van der Waals surface area contributed by atoms with Gasteiger partial charge in [0, 0.05) is 19.2 Å². The molecule has 0 aliphatic heterocycles. The highest BCUT2D eigenvalue weighted by molar-refractivity contribution is 8.00. The van der Waals surface area contributed by atoms with Crippen molar-refractivity contribution in [3.8, 4) is 11.5 Å². The van der Waals surface area contributed by atoms with Crippen LogP contribution >= 0.6 is 11.8 Å². The molecule has 1 amide bonds. The molecule has 0 saturated carbocycles. The number of amides is 1. The van der Waals surface area contributed by atoms with E-state index in [0.29, 0.717) is 28.0 Å². The van der Waals surface area contributed by atoms with Crippen molar-refractivity contribution in [1.29, 1.82) is 0 Å². The van der Waals surface area contributed by atoms with Crippen LogP contribution in [-0.4, -0.2) is 42.5 Å². The minimum absolute atomic E-state index is 0.221. The van der Waals surface area contributed by atoms with Crippen molar-refractivity contribution in [1.82, 2.24) is 9.97 Å². The maximum absolute atomic E-state index is 12.5. The normalized spacial score (nSPS) is 11.7. The number of benzene rings is 1. The number of hydrogen-bond acceptors (Lipinski definition) is 7. The summed E-state index contributed by atoms with van der Waals surface area (Å²) in [5.41, 5.74) is 0.705. The van der Waals surface area contributed by atoms with Crippen LogP contribution in [0.4, 0.5) is 5.69 Å². The van der Waals surface area contributed by atoms with Gasteiger partial charge >= 0.3 is 0 Å². The number of rotatable bonds is 8. The minimum atomic E-state index is -0.508. The van der Waals surface area contributed by atoms with Crippen LogP contribution in [0.5, 0.6) is 11.5 Å². The fourth-order valence-corrected chi connectivity index (χ4v) is 2.96. The number of hydrogen-bond donors (Lipinski definition) is 2. The van der Waals surface area contributed by atoms with E-state index in [-0.39, 0.29) is 18.1 Å². The number of nitrogens with zero attached hydrogens (tertiary/aromatic N) is 1. The van der Waals surface area contributed by atoms with Crippen molar-refractivity contribution >= 4 is 23.4 Å². The van der Waals surface area contributed by atoms with E-state index in [1.807, 2.05) is 0 Å². The quantitative estimate of drug-likeness (QED) is 0.534. The summed E-state index contributed by atoms with van der Waals surface area (Å²) in [5, 5.41) is 2.65. The summed E-state index contributed by atoms with van der Waals surface area (Å²) in [4.78, 5) is 31.1. The molecular formula is C17H21N3O5S. The van der Waals surface area contributed by atoms with Gasteiger partial charge in [0.1, 0.15) is 11.5 Å². The van der Waals surface area contributed by atoms with Crippen LogP contribution in [0.1, 0.15) is 12.6 Å². The van der Waals surface area contributed by atoms with Crippen LogP contribution in [0.25, 0.3) is 0 Å². The van der Waals surface area contributed by atoms with Crippen LogP contribution in [0.15, 0.2) is 34.2 Å². The topological polar surface area (TPSA) is 103 Å². The third-order valence-corrected chi connectivity index (χ3v) is 4.37. The van der Waals surface area contributed by atoms with E-state index in [1.165, 1.54) is 20.3 Å². The van der Waals surface area contributed by atoms with Gasteiger partial charge in [-0.2, -0.15) is 0 Å². The zero-order chi connectivity index (χ0) is 19.1. The molecule has 8 nitrogen and oxygen atoms in total. The van der Waals surface area contributed by atoms with Crippen molar-refractivity contribution < 1.29 is 19.0 Å². The Balaban J connectivity index is 2.12. The molecule has 0 aliphatic carbocycles. The second-order valence-corrected chi connectivity index (χ2v) is 6.62. The largest absolute Gasteiger partial charge is 0.497 e. The van der Waals surface area contributed by atoms with Crippen molar-refractivity contribution in [3.05, 3.63) is 40.3 Å². The highest BCUT2D eigenvalue weighted by Gasteiger charge is 2.18. The number of thioether (sulfide) groups is 1. The van der Waals surface area contributed by atoms with Gasteiger partial charge in [0.05, 0.1) is 37.5 Å². The molecule has 1 aromatic carbocycles. The lowest BCUT2D eigenvalue weighted by Gasteiger charge is -2.15. The number of methoxy groups -OCH3 is 3. The maximum Gasteiger partial charge on any atom is 0.251 e. The van der Waals surface area contributed by atoms with Crippen LogP contribution < -0.4 is 20.3 Å². The number of aromatic nitrogens is 2. The molecule has 1 heterocycles. The van der Waals surface area contributed by atoms with Gasteiger partial charge < -0.3 is 24.5 Å². The van der Waals surface area contributed by atoms with Gasteiger partial charge in [-0.1, -0.05) is 11.8 Å². The van der Waals surface area contributed by atoms with Gasteiger partial charge in [-0.15, -0.1) is 0 Å². The van der Waals surface area contributed by atoms with Gasteiger partial charge in [-0.3, -0.25) is 9.59 Å². The van der Waals surface area contributed by atoms with Crippen LogP contribution in [-0.2, 0) is 16.1 Å². The molecule has 0 spiro atoms. The Bertz CT molecular complexity index is 824. The van der Waals surface area contributed by atoms with E-state index >= 15 is 0 Å². The third-order valence-electron chi connectivity index (χ3n) is 3.39. The average molecular weight is 379 g/mol. The van der Waals surface area contributed by atoms with E-state index in [2.05, 4.69) is 15.3 Å². The first-order valence-electron chi connectivity index (χ1n) is 7.75. The third kappa shape index (κ3) is 5.24. The molecule has 0 aliphatic rings. The van der Waals surface area contributed by atoms with Crippen LogP contribution in [0.2, 0.25) is 0 Å². The van der Waals surface area contributed by atoms with E-state index in [4.69, 9.17) is 14.2 Å². The van der Waals surface area contributed by atoms with Crippen molar-refractivity contribution in [3.63, 3.8) is 0 Å². The van der Waals surface area contributed by atoms with Gasteiger partial charge in [0.2, 0.25) is 5.91 Å². The van der Waals surface area contributed by atoms with Crippen molar-refractivity contribution in [2.75, 3.05) is 26.6 Å². The highest BCUT2D eigenvalue weighted by Crippen LogP contribution is 2.30. The standard InChI is InChI=1S/C17H21N3O5S/c1-10(26-17-18-11(9-23-2)7-15(21)20-17)16(22)19-13-8-12(24-3)5-6-14(13)25-4/h5-8,10H,9H2,1-4H3,(H,19,22)(H,18,20,21). The molecule has 1 atom stereocenters. The zero-order valence-corrected chi connectivity index (χ0v) is 15.8. The molecule has 2 N–H and O–H groups in total. The monoisotopic (exact) mass is 379 g/mol. The number of anilines is 1. The fourth-order valence-electron chi connectivity index (χ4n) is 2.13. The molecule has 1 unspecified atom stereocenters. The second-order valence-electron chi connectivity index (χ2n) is 5.29. The number of H-pyrrole nitrogens is 1. The first-order chi connectivity index (χ1) is 12.5. The number of nitrogens with one attached hydrogen (secondary N) is 2. The maximum atomic E-state index is 12.5. The van der Waals surface area contributed by atoms with Crippen LogP contribution in [0, 0.1) is 0 Å². The Morgan fingerprint density at radius 3 is 2.69 bits per heavy atom. The van der Waals surface area contributed by atoms with Gasteiger partial charge in [0.15, 0.2) is 5.16 Å². The van der Waals surface area contributed by atoms with Gasteiger partial charge in [-0.25, -0.2) is 4.98 Å². The molecule has 0 saturated heterocycles. The Morgan fingerprint density at radius 2 is 2.04 bits per heavy atom. The molecule has 0 bridgehead atoms. The smallest absolute Gasteiger partial charge is 0.251 e. The fraction of sp³-hybridized carbons (Fsp3) is 0.353. The van der Waals surface area contributed by atoms with Crippen LogP contribution in [0.3, 0.4) is 0 Å². The number of ether oxygens (including phenoxy) is 3. The van der Waals surface area contributed by atoms with Gasteiger partial charge in [-0.05, 0) is 19.1 Å². The van der Waals surface area contributed by atoms with Gasteiger partial charge in [0.25, 0.3) is 5.56 Å². The molecule has 1 aromatic heterocycles. The Morgan fingerprint density at radius 1 is 1.27 bits per heavy atom. The molecule has 0 fully saturated rings. The van der Waals surface area contributed by atoms with E-state index < -0.39 is 5.25 Å². The summed E-state index contributed by atoms with van der Waals surface area (Å²) in [6.45, 7) is 1.94. The summed E-state index contributed by atoms with van der Waals surface area (Å²) in [6.07, 6.45) is 0. The predicted molar refractivity (Wildman–Crippen MR) is 99.1 cm³/mol. The molecule has 0 radical (unpaired) electrons. The van der Waals surface area contributed by atoms with Crippen molar-refractivity contribution in [2.45, 2.75) is 23.9 Å². The molecule has 2 rings (SSSR count). The Kier molecular flexibility index (Phi) is 7.05. The van der Waals surface area contributed by atoms with E-state index in [0.717, 1.165) is 11.8 Å².